The molecule has 1 aromatic rings. The van der Waals surface area contributed by atoms with Gasteiger partial charge in [-0.2, -0.15) is 0 Å². The van der Waals surface area contributed by atoms with Gasteiger partial charge in [0.2, 0.25) is 0 Å². The molecule has 0 aliphatic carbocycles. The number of unbranched alkanes of at least 4 members (excludes halogenated alkanes) is 1. The molecule has 0 saturated carbocycles. The third-order valence-corrected chi connectivity index (χ3v) is 3.50. The fraction of sp³-hybridized carbons (Fsp3) is 0.571. The zero-order valence-corrected chi connectivity index (χ0v) is 11.0. The van der Waals surface area contributed by atoms with Crippen molar-refractivity contribution in [3.05, 3.63) is 18.2 Å². The predicted octanol–water partition coefficient (Wildman–Crippen LogP) is 2.02. The second-order valence-corrected chi connectivity index (χ2v) is 4.86. The van der Waals surface area contributed by atoms with E-state index in [4.69, 9.17) is 0 Å². The lowest BCUT2D eigenvalue weighted by molar-refractivity contribution is 0.253. The van der Waals surface area contributed by atoms with Gasteiger partial charge in [-0.05, 0) is 25.1 Å². The summed E-state index contributed by atoms with van der Waals surface area (Å²) in [7, 11) is 0. The molecule has 0 atom stereocenters. The van der Waals surface area contributed by atoms with Crippen molar-refractivity contribution in [2.75, 3.05) is 37.6 Å². The second-order valence-electron chi connectivity index (χ2n) is 4.86. The van der Waals surface area contributed by atoms with Crippen LogP contribution in [0.2, 0.25) is 0 Å². The second kappa shape index (κ2) is 5.96. The molecule has 4 nitrogen and oxygen atoms in total. The van der Waals surface area contributed by atoms with Gasteiger partial charge in [0.25, 0.3) is 0 Å². The molecule has 0 spiro atoms. The fourth-order valence-electron chi connectivity index (χ4n) is 2.36. The Morgan fingerprint density at radius 3 is 2.50 bits per heavy atom. The summed E-state index contributed by atoms with van der Waals surface area (Å²) in [5, 5.41) is 19.3. The van der Waals surface area contributed by atoms with Crippen molar-refractivity contribution in [2.45, 2.75) is 19.8 Å². The minimum absolute atomic E-state index is 0.205. The quantitative estimate of drug-likeness (QED) is 0.803. The Morgan fingerprint density at radius 2 is 1.83 bits per heavy atom. The highest BCUT2D eigenvalue weighted by Gasteiger charge is 2.19. The summed E-state index contributed by atoms with van der Waals surface area (Å²) in [6.45, 7) is 7.23. The number of phenols is 2. The van der Waals surface area contributed by atoms with Crippen molar-refractivity contribution in [2.24, 2.45) is 0 Å². The number of aromatic hydroxyl groups is 2. The van der Waals surface area contributed by atoms with Gasteiger partial charge in [-0.3, -0.25) is 4.90 Å². The highest BCUT2D eigenvalue weighted by Crippen LogP contribution is 2.31. The average Bonchev–Trinajstić information content (AvgIpc) is 2.40. The van der Waals surface area contributed by atoms with E-state index >= 15 is 0 Å². The SMILES string of the molecule is CCCCN1CCN(c2cc(O)ccc2O)CC1. The first-order valence-electron chi connectivity index (χ1n) is 6.70. The van der Waals surface area contributed by atoms with Gasteiger partial charge in [0.05, 0.1) is 5.69 Å². The van der Waals surface area contributed by atoms with Gasteiger partial charge in [-0.1, -0.05) is 13.3 Å². The molecule has 18 heavy (non-hydrogen) atoms. The van der Waals surface area contributed by atoms with Gasteiger partial charge >= 0.3 is 0 Å². The van der Waals surface area contributed by atoms with Crippen LogP contribution in [0, 0.1) is 0 Å². The molecule has 1 aliphatic rings. The molecule has 1 aliphatic heterocycles. The zero-order chi connectivity index (χ0) is 13.0. The number of benzene rings is 1. The molecular weight excluding hydrogens is 228 g/mol. The summed E-state index contributed by atoms with van der Waals surface area (Å²) >= 11 is 0. The van der Waals surface area contributed by atoms with Crippen LogP contribution in [-0.2, 0) is 0 Å². The summed E-state index contributed by atoms with van der Waals surface area (Å²) in [4.78, 5) is 4.59. The van der Waals surface area contributed by atoms with E-state index in [0.717, 1.165) is 38.4 Å². The largest absolute Gasteiger partial charge is 0.508 e. The highest BCUT2D eigenvalue weighted by molar-refractivity contribution is 5.60. The van der Waals surface area contributed by atoms with Crippen molar-refractivity contribution in [1.82, 2.24) is 4.90 Å². The Morgan fingerprint density at radius 1 is 1.11 bits per heavy atom. The number of hydrogen-bond acceptors (Lipinski definition) is 4. The number of nitrogens with zero attached hydrogens (tertiary/aromatic N) is 2. The van der Waals surface area contributed by atoms with Gasteiger partial charge in [0.15, 0.2) is 0 Å². The van der Waals surface area contributed by atoms with Crippen molar-refractivity contribution in [3.8, 4) is 11.5 Å². The monoisotopic (exact) mass is 250 g/mol. The third kappa shape index (κ3) is 3.07. The Kier molecular flexibility index (Phi) is 4.31. The summed E-state index contributed by atoms with van der Waals surface area (Å²) in [6.07, 6.45) is 2.48. The first-order valence-corrected chi connectivity index (χ1v) is 6.70. The predicted molar refractivity (Wildman–Crippen MR) is 73.3 cm³/mol. The molecule has 0 amide bonds. The van der Waals surface area contributed by atoms with Crippen LogP contribution in [0.15, 0.2) is 18.2 Å². The fourth-order valence-corrected chi connectivity index (χ4v) is 2.36. The Hall–Kier alpha value is -1.42. The van der Waals surface area contributed by atoms with E-state index in [2.05, 4.69) is 16.7 Å². The maximum atomic E-state index is 9.83. The number of phenolic OH excluding ortho intramolecular Hbond substituents is 2. The van der Waals surface area contributed by atoms with Crippen LogP contribution >= 0.6 is 0 Å². The van der Waals surface area contributed by atoms with Gasteiger partial charge in [-0.25, -0.2) is 0 Å². The van der Waals surface area contributed by atoms with Crippen LogP contribution in [0.5, 0.6) is 11.5 Å². The molecule has 1 fully saturated rings. The van der Waals surface area contributed by atoms with Crippen LogP contribution in [0.25, 0.3) is 0 Å². The minimum atomic E-state index is 0.205. The molecule has 100 valence electrons. The van der Waals surface area contributed by atoms with E-state index in [9.17, 15) is 10.2 Å². The van der Waals surface area contributed by atoms with E-state index < -0.39 is 0 Å². The van der Waals surface area contributed by atoms with Crippen LogP contribution in [-0.4, -0.2) is 47.8 Å². The lowest BCUT2D eigenvalue weighted by Crippen LogP contribution is -2.46. The molecule has 4 heteroatoms. The molecule has 0 aromatic heterocycles. The summed E-state index contributed by atoms with van der Waals surface area (Å²) < 4.78 is 0. The topological polar surface area (TPSA) is 46.9 Å². The molecule has 1 heterocycles. The maximum Gasteiger partial charge on any atom is 0.139 e. The van der Waals surface area contributed by atoms with Crippen molar-refractivity contribution in [1.29, 1.82) is 0 Å². The van der Waals surface area contributed by atoms with Gasteiger partial charge in [0.1, 0.15) is 11.5 Å². The number of anilines is 1. The lowest BCUT2D eigenvalue weighted by Gasteiger charge is -2.36. The van der Waals surface area contributed by atoms with Crippen LogP contribution in [0.4, 0.5) is 5.69 Å². The molecule has 0 unspecified atom stereocenters. The zero-order valence-electron chi connectivity index (χ0n) is 11.0. The van der Waals surface area contributed by atoms with Crippen LogP contribution in [0.1, 0.15) is 19.8 Å². The number of hydrogen-bond donors (Lipinski definition) is 2. The summed E-state index contributed by atoms with van der Waals surface area (Å²) in [5.74, 6) is 0.450. The van der Waals surface area contributed by atoms with Gasteiger partial charge in [0, 0.05) is 32.2 Å². The first kappa shape index (κ1) is 13.0. The number of piperazine rings is 1. The Balaban J connectivity index is 1.94. The van der Waals surface area contributed by atoms with Crippen LogP contribution in [0.3, 0.4) is 0 Å². The molecule has 1 saturated heterocycles. The standard InChI is InChI=1S/C14H22N2O2/c1-2-3-6-15-7-9-16(10-8-15)13-11-12(17)4-5-14(13)18/h4-5,11,17-18H,2-3,6-10H2,1H3. The maximum absolute atomic E-state index is 9.83. The molecular formula is C14H22N2O2. The van der Waals surface area contributed by atoms with E-state index in [1.165, 1.54) is 18.9 Å². The molecule has 0 bridgehead atoms. The summed E-state index contributed by atoms with van der Waals surface area (Å²) in [5.41, 5.74) is 0.741. The normalized spacial score (nSPS) is 17.1. The Labute approximate surface area is 108 Å². The molecule has 2 N–H and O–H groups in total. The molecule has 2 rings (SSSR count). The Bertz CT molecular complexity index is 387. The van der Waals surface area contributed by atoms with E-state index in [0.29, 0.717) is 0 Å². The summed E-state index contributed by atoms with van der Waals surface area (Å²) in [6, 6.07) is 4.70. The average molecular weight is 250 g/mol. The highest BCUT2D eigenvalue weighted by atomic mass is 16.3. The first-order chi connectivity index (χ1) is 8.70. The minimum Gasteiger partial charge on any atom is -0.508 e. The van der Waals surface area contributed by atoms with Crippen LogP contribution < -0.4 is 4.90 Å². The smallest absolute Gasteiger partial charge is 0.139 e. The van der Waals surface area contributed by atoms with Gasteiger partial charge in [-0.15, -0.1) is 0 Å². The van der Waals surface area contributed by atoms with E-state index in [-0.39, 0.29) is 11.5 Å². The molecule has 1 aromatic carbocycles. The lowest BCUT2D eigenvalue weighted by atomic mass is 10.2. The van der Waals surface area contributed by atoms with E-state index in [1.807, 2.05) is 0 Å². The van der Waals surface area contributed by atoms with Gasteiger partial charge < -0.3 is 15.1 Å². The third-order valence-electron chi connectivity index (χ3n) is 3.50. The van der Waals surface area contributed by atoms with Crippen molar-refractivity contribution < 1.29 is 10.2 Å². The van der Waals surface area contributed by atoms with Crippen molar-refractivity contribution >= 4 is 5.69 Å². The van der Waals surface area contributed by atoms with E-state index in [1.54, 1.807) is 12.1 Å². The van der Waals surface area contributed by atoms with Crippen molar-refractivity contribution in [3.63, 3.8) is 0 Å². The molecule has 0 radical (unpaired) electrons. The number of rotatable bonds is 4.